The van der Waals surface area contributed by atoms with Gasteiger partial charge in [-0.2, -0.15) is 0 Å². The van der Waals surface area contributed by atoms with Gasteiger partial charge in [-0.25, -0.2) is 4.79 Å². The molecule has 1 atom stereocenters. The molecule has 0 spiro atoms. The van der Waals surface area contributed by atoms with Gasteiger partial charge in [0, 0.05) is 13.1 Å². The predicted molar refractivity (Wildman–Crippen MR) is 64.5 cm³/mol. The first-order chi connectivity index (χ1) is 8.06. The molecule has 0 radical (unpaired) electrons. The number of imide groups is 1. The summed E-state index contributed by atoms with van der Waals surface area (Å²) in [7, 11) is 2.13. The molecule has 2 aliphatic heterocycles. The van der Waals surface area contributed by atoms with Crippen LogP contribution in [0.3, 0.4) is 0 Å². The third-order valence-corrected chi connectivity index (χ3v) is 3.78. The minimum absolute atomic E-state index is 0.0843. The van der Waals surface area contributed by atoms with Crippen molar-refractivity contribution in [3.8, 4) is 0 Å². The Bertz CT molecular complexity index is 311. The molecule has 2 fully saturated rings. The summed E-state index contributed by atoms with van der Waals surface area (Å²) in [4.78, 5) is 27.1. The highest BCUT2D eigenvalue weighted by Gasteiger charge is 2.31. The quantitative estimate of drug-likeness (QED) is 0.764. The lowest BCUT2D eigenvalue weighted by Crippen LogP contribution is -2.55. The van der Waals surface area contributed by atoms with Gasteiger partial charge in [0.05, 0.1) is 5.92 Å². The maximum atomic E-state index is 11.7. The van der Waals surface area contributed by atoms with Crippen LogP contribution < -0.4 is 5.32 Å². The Balaban J connectivity index is 1.86. The molecule has 0 aromatic heterocycles. The van der Waals surface area contributed by atoms with E-state index in [0.29, 0.717) is 12.5 Å². The van der Waals surface area contributed by atoms with Gasteiger partial charge in [-0.1, -0.05) is 6.92 Å². The van der Waals surface area contributed by atoms with E-state index >= 15 is 0 Å². The standard InChI is InChI=1S/C12H21N3O2/c1-9-7-15(12(17)13-11(9)16)8-10-3-5-14(2)6-4-10/h9-10H,3-8H2,1-2H3,(H,13,16,17). The molecule has 0 aliphatic carbocycles. The Kier molecular flexibility index (Phi) is 3.66. The van der Waals surface area contributed by atoms with E-state index in [0.717, 1.165) is 32.5 Å². The van der Waals surface area contributed by atoms with Crippen molar-refractivity contribution in [3.05, 3.63) is 0 Å². The van der Waals surface area contributed by atoms with Crippen LogP contribution in [0.15, 0.2) is 0 Å². The molecular formula is C12H21N3O2. The number of rotatable bonds is 2. The summed E-state index contributed by atoms with van der Waals surface area (Å²) < 4.78 is 0. The molecule has 17 heavy (non-hydrogen) atoms. The number of nitrogens with zero attached hydrogens (tertiary/aromatic N) is 2. The van der Waals surface area contributed by atoms with Gasteiger partial charge in [0.1, 0.15) is 0 Å². The van der Waals surface area contributed by atoms with Crippen LogP contribution in [-0.4, -0.2) is 55.0 Å². The second-order valence-corrected chi connectivity index (χ2v) is 5.35. The van der Waals surface area contributed by atoms with E-state index in [2.05, 4.69) is 17.3 Å². The Morgan fingerprint density at radius 2 is 1.94 bits per heavy atom. The van der Waals surface area contributed by atoms with Gasteiger partial charge in [0.2, 0.25) is 5.91 Å². The van der Waals surface area contributed by atoms with Crippen molar-refractivity contribution in [1.82, 2.24) is 15.1 Å². The third kappa shape index (κ3) is 2.97. The number of carbonyl (C=O) groups excluding carboxylic acids is 2. The number of piperidine rings is 1. The summed E-state index contributed by atoms with van der Waals surface area (Å²) in [5.74, 6) is 0.353. The summed E-state index contributed by atoms with van der Waals surface area (Å²) in [6, 6.07) is -0.216. The Labute approximate surface area is 102 Å². The van der Waals surface area contributed by atoms with Gasteiger partial charge in [0.25, 0.3) is 0 Å². The Hall–Kier alpha value is -1.10. The van der Waals surface area contributed by atoms with E-state index in [-0.39, 0.29) is 17.9 Å². The number of likely N-dealkylation sites (tertiary alicyclic amines) is 1. The average molecular weight is 239 g/mol. The van der Waals surface area contributed by atoms with E-state index in [1.807, 2.05) is 6.92 Å². The lowest BCUT2D eigenvalue weighted by atomic mass is 9.96. The topological polar surface area (TPSA) is 52.6 Å². The molecule has 1 N–H and O–H groups in total. The fourth-order valence-electron chi connectivity index (χ4n) is 2.52. The SMILES string of the molecule is CC1CN(CC2CCN(C)CC2)C(=O)NC1=O. The normalized spacial score (nSPS) is 28.4. The van der Waals surface area contributed by atoms with Crippen molar-refractivity contribution in [2.45, 2.75) is 19.8 Å². The maximum absolute atomic E-state index is 11.7. The van der Waals surface area contributed by atoms with E-state index in [9.17, 15) is 9.59 Å². The molecule has 96 valence electrons. The van der Waals surface area contributed by atoms with Crippen LogP contribution in [0.5, 0.6) is 0 Å². The monoisotopic (exact) mass is 239 g/mol. The molecule has 2 saturated heterocycles. The van der Waals surface area contributed by atoms with Crippen LogP contribution in [0.4, 0.5) is 4.79 Å². The molecule has 0 bridgehead atoms. The lowest BCUT2D eigenvalue weighted by Gasteiger charge is -2.36. The van der Waals surface area contributed by atoms with Crippen LogP contribution in [0.1, 0.15) is 19.8 Å². The summed E-state index contributed by atoms with van der Waals surface area (Å²) in [5.41, 5.74) is 0. The highest BCUT2D eigenvalue weighted by Crippen LogP contribution is 2.19. The molecular weight excluding hydrogens is 218 g/mol. The molecule has 0 aromatic rings. The number of nitrogens with one attached hydrogen (secondary N) is 1. The van der Waals surface area contributed by atoms with Crippen LogP contribution >= 0.6 is 0 Å². The highest BCUT2D eigenvalue weighted by molar-refractivity contribution is 5.97. The molecule has 5 heteroatoms. The van der Waals surface area contributed by atoms with Gasteiger partial charge in [-0.3, -0.25) is 10.1 Å². The number of hydrogen-bond acceptors (Lipinski definition) is 3. The van der Waals surface area contributed by atoms with Crippen LogP contribution in [-0.2, 0) is 4.79 Å². The van der Waals surface area contributed by atoms with Crippen molar-refractivity contribution < 1.29 is 9.59 Å². The maximum Gasteiger partial charge on any atom is 0.324 e. The predicted octanol–water partition coefficient (Wildman–Crippen LogP) is 0.516. The van der Waals surface area contributed by atoms with E-state index in [4.69, 9.17) is 0 Å². The minimum atomic E-state index is -0.216. The second kappa shape index (κ2) is 5.04. The van der Waals surface area contributed by atoms with Crippen LogP contribution in [0.2, 0.25) is 0 Å². The van der Waals surface area contributed by atoms with Crippen molar-refractivity contribution >= 4 is 11.9 Å². The molecule has 1 unspecified atom stereocenters. The van der Waals surface area contributed by atoms with Crippen LogP contribution in [0, 0.1) is 11.8 Å². The zero-order valence-corrected chi connectivity index (χ0v) is 10.6. The number of carbonyl (C=O) groups is 2. The van der Waals surface area contributed by atoms with Crippen LogP contribution in [0.25, 0.3) is 0 Å². The first kappa shape index (κ1) is 12.4. The Morgan fingerprint density at radius 1 is 1.29 bits per heavy atom. The largest absolute Gasteiger partial charge is 0.324 e. The van der Waals surface area contributed by atoms with Crippen molar-refractivity contribution in [3.63, 3.8) is 0 Å². The Morgan fingerprint density at radius 3 is 2.59 bits per heavy atom. The smallest absolute Gasteiger partial charge is 0.323 e. The van der Waals surface area contributed by atoms with Gasteiger partial charge in [-0.05, 0) is 38.9 Å². The lowest BCUT2D eigenvalue weighted by molar-refractivity contribution is -0.125. The number of urea groups is 1. The van der Waals surface area contributed by atoms with E-state index in [1.54, 1.807) is 4.90 Å². The molecule has 2 rings (SSSR count). The van der Waals surface area contributed by atoms with E-state index < -0.39 is 0 Å². The summed E-state index contributed by atoms with van der Waals surface area (Å²) in [5, 5.41) is 2.42. The number of hydrogen-bond donors (Lipinski definition) is 1. The van der Waals surface area contributed by atoms with Gasteiger partial charge < -0.3 is 9.80 Å². The first-order valence-corrected chi connectivity index (χ1v) is 6.34. The zero-order valence-electron chi connectivity index (χ0n) is 10.6. The third-order valence-electron chi connectivity index (χ3n) is 3.78. The first-order valence-electron chi connectivity index (χ1n) is 6.34. The molecule has 5 nitrogen and oxygen atoms in total. The van der Waals surface area contributed by atoms with E-state index in [1.165, 1.54) is 0 Å². The molecule has 2 aliphatic rings. The molecule has 0 aromatic carbocycles. The highest BCUT2D eigenvalue weighted by atomic mass is 16.2. The van der Waals surface area contributed by atoms with Gasteiger partial charge in [0.15, 0.2) is 0 Å². The zero-order chi connectivity index (χ0) is 12.4. The fourth-order valence-corrected chi connectivity index (χ4v) is 2.52. The van der Waals surface area contributed by atoms with Gasteiger partial charge >= 0.3 is 6.03 Å². The van der Waals surface area contributed by atoms with Crippen molar-refractivity contribution in [1.29, 1.82) is 0 Å². The molecule has 2 heterocycles. The summed E-state index contributed by atoms with van der Waals surface area (Å²) in [6.07, 6.45) is 2.28. The minimum Gasteiger partial charge on any atom is -0.323 e. The number of amides is 3. The van der Waals surface area contributed by atoms with Gasteiger partial charge in [-0.15, -0.1) is 0 Å². The molecule has 3 amide bonds. The van der Waals surface area contributed by atoms with Crippen molar-refractivity contribution in [2.24, 2.45) is 11.8 Å². The second-order valence-electron chi connectivity index (χ2n) is 5.35. The van der Waals surface area contributed by atoms with Crippen molar-refractivity contribution in [2.75, 3.05) is 33.2 Å². The molecule has 0 saturated carbocycles. The fraction of sp³-hybridized carbons (Fsp3) is 0.833. The summed E-state index contributed by atoms with van der Waals surface area (Å²) in [6.45, 7) is 5.43. The average Bonchev–Trinajstić information content (AvgIpc) is 2.29. The summed E-state index contributed by atoms with van der Waals surface area (Å²) >= 11 is 0.